The Morgan fingerprint density at radius 2 is 2.05 bits per heavy atom. The molecule has 1 atom stereocenters. The highest BCUT2D eigenvalue weighted by Gasteiger charge is 2.33. The first-order chi connectivity index (χ1) is 10.2. The van der Waals surface area contributed by atoms with Crippen molar-refractivity contribution in [1.82, 2.24) is 9.80 Å². The van der Waals surface area contributed by atoms with E-state index < -0.39 is 0 Å². The molecule has 5 heteroatoms. The maximum absolute atomic E-state index is 12.7. The van der Waals surface area contributed by atoms with Crippen molar-refractivity contribution in [2.45, 2.75) is 25.4 Å². The highest BCUT2D eigenvalue weighted by Crippen LogP contribution is 2.21. The molecule has 1 aromatic rings. The van der Waals surface area contributed by atoms with E-state index in [4.69, 9.17) is 16.3 Å². The third kappa shape index (κ3) is 3.57. The van der Waals surface area contributed by atoms with E-state index in [1.807, 2.05) is 29.2 Å². The summed E-state index contributed by atoms with van der Waals surface area (Å²) in [6.07, 6.45) is 2.03. The fourth-order valence-electron chi connectivity index (χ4n) is 3.16. The lowest BCUT2D eigenvalue weighted by Crippen LogP contribution is -2.54. The number of nitrogens with zero attached hydrogens (tertiary/aromatic N) is 2. The lowest BCUT2D eigenvalue weighted by molar-refractivity contribution is -0.142. The fourth-order valence-corrected chi connectivity index (χ4v) is 3.37. The minimum absolute atomic E-state index is 0.0295. The molecule has 0 aliphatic carbocycles. The Hall–Kier alpha value is -1.10. The second-order valence-corrected chi connectivity index (χ2v) is 6.13. The molecule has 2 saturated heterocycles. The minimum atomic E-state index is 0.0295. The smallest absolute Gasteiger partial charge is 0.240 e. The standard InChI is InChI=1S/C16H21ClN2O2/c17-14-4-1-3-13(11-14)12-19-6-2-5-15(16(19)20)18-7-9-21-10-8-18/h1,3-4,11,15H,2,5-10,12H2/t15-/m0/s1. The first-order valence-corrected chi connectivity index (χ1v) is 7.97. The van der Waals surface area contributed by atoms with Crippen LogP contribution < -0.4 is 0 Å². The Bertz CT molecular complexity index is 503. The number of carbonyl (C=O) groups is 1. The molecule has 1 amide bonds. The molecular formula is C16H21ClN2O2. The molecule has 114 valence electrons. The van der Waals surface area contributed by atoms with Crippen molar-refractivity contribution in [3.8, 4) is 0 Å². The van der Waals surface area contributed by atoms with Gasteiger partial charge in [0.25, 0.3) is 0 Å². The number of hydrogen-bond acceptors (Lipinski definition) is 3. The molecule has 0 spiro atoms. The van der Waals surface area contributed by atoms with Crippen LogP contribution in [0.5, 0.6) is 0 Å². The number of rotatable bonds is 3. The molecule has 0 N–H and O–H groups in total. The van der Waals surface area contributed by atoms with Gasteiger partial charge in [-0.05, 0) is 30.5 Å². The fraction of sp³-hybridized carbons (Fsp3) is 0.562. The van der Waals surface area contributed by atoms with Gasteiger partial charge in [0.1, 0.15) is 0 Å². The van der Waals surface area contributed by atoms with Crippen molar-refractivity contribution >= 4 is 17.5 Å². The van der Waals surface area contributed by atoms with Gasteiger partial charge in [0, 0.05) is 31.2 Å². The van der Waals surface area contributed by atoms with Gasteiger partial charge >= 0.3 is 0 Å². The first kappa shape index (κ1) is 14.8. The van der Waals surface area contributed by atoms with Gasteiger partial charge in [-0.2, -0.15) is 0 Å². The summed E-state index contributed by atoms with van der Waals surface area (Å²) in [7, 11) is 0. The van der Waals surface area contributed by atoms with Crippen molar-refractivity contribution in [3.05, 3.63) is 34.9 Å². The number of ether oxygens (including phenoxy) is 1. The molecule has 2 aliphatic rings. The summed E-state index contributed by atoms with van der Waals surface area (Å²) in [5.74, 6) is 0.253. The number of morpholine rings is 1. The molecular weight excluding hydrogens is 288 g/mol. The van der Waals surface area contributed by atoms with Crippen LogP contribution in [0.4, 0.5) is 0 Å². The number of carbonyl (C=O) groups excluding carboxylic acids is 1. The van der Waals surface area contributed by atoms with E-state index in [-0.39, 0.29) is 11.9 Å². The van der Waals surface area contributed by atoms with Crippen molar-refractivity contribution in [1.29, 1.82) is 0 Å². The summed E-state index contributed by atoms with van der Waals surface area (Å²) in [4.78, 5) is 17.0. The van der Waals surface area contributed by atoms with Crippen molar-refractivity contribution in [2.24, 2.45) is 0 Å². The minimum Gasteiger partial charge on any atom is -0.379 e. The van der Waals surface area contributed by atoms with Gasteiger partial charge in [0.15, 0.2) is 0 Å². The van der Waals surface area contributed by atoms with Gasteiger partial charge < -0.3 is 9.64 Å². The normalized spacial score (nSPS) is 24.3. The highest BCUT2D eigenvalue weighted by atomic mass is 35.5. The summed E-state index contributed by atoms with van der Waals surface area (Å²) in [6, 6.07) is 7.79. The summed E-state index contributed by atoms with van der Waals surface area (Å²) in [5.41, 5.74) is 1.10. The third-order valence-corrected chi connectivity index (χ3v) is 4.49. The quantitative estimate of drug-likeness (QED) is 0.858. The Kier molecular flexibility index (Phi) is 4.78. The molecule has 2 aliphatic heterocycles. The molecule has 0 aromatic heterocycles. The van der Waals surface area contributed by atoms with Gasteiger partial charge in [0.05, 0.1) is 19.3 Å². The van der Waals surface area contributed by atoms with Crippen LogP contribution in [-0.4, -0.2) is 54.6 Å². The van der Waals surface area contributed by atoms with Crippen LogP contribution in [-0.2, 0) is 16.1 Å². The zero-order valence-electron chi connectivity index (χ0n) is 12.1. The highest BCUT2D eigenvalue weighted by molar-refractivity contribution is 6.30. The van der Waals surface area contributed by atoms with Crippen LogP contribution in [0.25, 0.3) is 0 Å². The predicted molar refractivity (Wildman–Crippen MR) is 82.3 cm³/mol. The zero-order chi connectivity index (χ0) is 14.7. The van der Waals surface area contributed by atoms with Gasteiger partial charge in [-0.15, -0.1) is 0 Å². The van der Waals surface area contributed by atoms with Crippen LogP contribution >= 0.6 is 11.6 Å². The average molecular weight is 309 g/mol. The molecule has 0 radical (unpaired) electrons. The van der Waals surface area contributed by atoms with E-state index in [9.17, 15) is 4.79 Å². The van der Waals surface area contributed by atoms with E-state index >= 15 is 0 Å². The van der Waals surface area contributed by atoms with E-state index in [1.54, 1.807) is 0 Å². The summed E-state index contributed by atoms with van der Waals surface area (Å²) < 4.78 is 5.38. The Morgan fingerprint density at radius 1 is 1.24 bits per heavy atom. The van der Waals surface area contributed by atoms with Crippen LogP contribution in [0, 0.1) is 0 Å². The number of benzene rings is 1. The molecule has 4 nitrogen and oxygen atoms in total. The molecule has 21 heavy (non-hydrogen) atoms. The first-order valence-electron chi connectivity index (χ1n) is 7.59. The SMILES string of the molecule is O=C1[C@@H](N2CCOCC2)CCCN1Cc1cccc(Cl)c1. The monoisotopic (exact) mass is 308 g/mol. The van der Waals surface area contributed by atoms with Crippen molar-refractivity contribution in [3.63, 3.8) is 0 Å². The lowest BCUT2D eigenvalue weighted by atomic mass is 10.0. The molecule has 3 rings (SSSR count). The molecule has 1 aromatic carbocycles. The van der Waals surface area contributed by atoms with Crippen molar-refractivity contribution in [2.75, 3.05) is 32.8 Å². The maximum atomic E-state index is 12.7. The Morgan fingerprint density at radius 3 is 2.81 bits per heavy atom. The Balaban J connectivity index is 1.67. The van der Waals surface area contributed by atoms with Crippen molar-refractivity contribution < 1.29 is 9.53 Å². The number of halogens is 1. The lowest BCUT2D eigenvalue weighted by Gasteiger charge is -2.40. The second-order valence-electron chi connectivity index (χ2n) is 5.70. The van der Waals surface area contributed by atoms with Gasteiger partial charge in [0.2, 0.25) is 5.91 Å². The van der Waals surface area contributed by atoms with E-state index in [0.717, 1.165) is 56.3 Å². The van der Waals surface area contributed by atoms with Crippen LogP contribution in [0.3, 0.4) is 0 Å². The summed E-state index contributed by atoms with van der Waals surface area (Å²) in [5, 5.41) is 0.724. The molecule has 0 saturated carbocycles. The maximum Gasteiger partial charge on any atom is 0.240 e. The molecule has 2 fully saturated rings. The number of likely N-dealkylation sites (tertiary alicyclic amines) is 1. The van der Waals surface area contributed by atoms with Gasteiger partial charge in [-0.1, -0.05) is 23.7 Å². The topological polar surface area (TPSA) is 32.8 Å². The molecule has 2 heterocycles. The molecule has 0 unspecified atom stereocenters. The predicted octanol–water partition coefficient (Wildman–Crippen LogP) is 2.16. The third-order valence-electron chi connectivity index (χ3n) is 4.25. The molecule has 0 bridgehead atoms. The van der Waals surface area contributed by atoms with Crippen LogP contribution in [0.2, 0.25) is 5.02 Å². The summed E-state index contributed by atoms with van der Waals surface area (Å²) in [6.45, 7) is 4.69. The van der Waals surface area contributed by atoms with Crippen LogP contribution in [0.1, 0.15) is 18.4 Å². The Labute approximate surface area is 130 Å². The number of amides is 1. The van der Waals surface area contributed by atoms with Gasteiger partial charge in [-0.25, -0.2) is 0 Å². The average Bonchev–Trinajstić information content (AvgIpc) is 2.50. The second kappa shape index (κ2) is 6.77. The van der Waals surface area contributed by atoms with E-state index in [0.29, 0.717) is 6.54 Å². The number of piperidine rings is 1. The largest absolute Gasteiger partial charge is 0.379 e. The zero-order valence-corrected chi connectivity index (χ0v) is 12.9. The van der Waals surface area contributed by atoms with Gasteiger partial charge in [-0.3, -0.25) is 9.69 Å². The summed E-state index contributed by atoms with van der Waals surface area (Å²) >= 11 is 6.02. The van der Waals surface area contributed by atoms with E-state index in [1.165, 1.54) is 0 Å². The van der Waals surface area contributed by atoms with Crippen LogP contribution in [0.15, 0.2) is 24.3 Å². The van der Waals surface area contributed by atoms with E-state index in [2.05, 4.69) is 4.90 Å². The number of hydrogen-bond donors (Lipinski definition) is 0.